The van der Waals surface area contributed by atoms with Crippen LogP contribution in [0.3, 0.4) is 0 Å². The molecule has 0 atom stereocenters. The Morgan fingerprint density at radius 3 is 2.46 bits per heavy atom. The number of benzene rings is 2. The van der Waals surface area contributed by atoms with Crippen LogP contribution in [0.4, 0.5) is 13.2 Å². The minimum atomic E-state index is -4.49. The van der Waals surface area contributed by atoms with Gasteiger partial charge in [0.25, 0.3) is 5.91 Å². The summed E-state index contributed by atoms with van der Waals surface area (Å²) in [5, 5.41) is 5.23. The number of hydrogen-bond donors (Lipinski definition) is 1. The van der Waals surface area contributed by atoms with Crippen molar-refractivity contribution in [3.63, 3.8) is 0 Å². The number of nitrogens with zero attached hydrogens (tertiary/aromatic N) is 2. The van der Waals surface area contributed by atoms with Crippen molar-refractivity contribution >= 4 is 11.7 Å². The van der Waals surface area contributed by atoms with E-state index in [-0.39, 0.29) is 11.4 Å². The van der Waals surface area contributed by atoms with E-state index in [2.05, 4.69) is 10.6 Å². The molecule has 0 saturated heterocycles. The number of aryl methyl sites for hydroxylation is 1. The summed E-state index contributed by atoms with van der Waals surface area (Å²) in [4.78, 5) is 18.0. The molecule has 1 amide bonds. The van der Waals surface area contributed by atoms with Crippen LogP contribution < -0.4 is 5.43 Å². The Hall–Kier alpha value is -3.03. The minimum absolute atomic E-state index is 0.0922. The summed E-state index contributed by atoms with van der Waals surface area (Å²) in [5.41, 5.74) is 2.51. The average Bonchev–Trinajstić information content (AvgIpc) is 2.95. The second-order valence-corrected chi connectivity index (χ2v) is 6.86. The van der Waals surface area contributed by atoms with Gasteiger partial charge in [0.15, 0.2) is 5.84 Å². The number of oxime groups is 1. The third-order valence-corrected chi connectivity index (χ3v) is 4.39. The fourth-order valence-corrected chi connectivity index (χ4v) is 2.75. The SMILES string of the molecule is CCc1ccc(C(=O)NN2C(c3cccc(C(F)(F)F)c3)=NOC2(C)C)cc1. The molecular formula is C20H20F3N3O2. The van der Waals surface area contributed by atoms with Gasteiger partial charge in [0.1, 0.15) is 0 Å². The lowest BCUT2D eigenvalue weighted by Crippen LogP contribution is -2.54. The molecule has 28 heavy (non-hydrogen) atoms. The average molecular weight is 391 g/mol. The van der Waals surface area contributed by atoms with E-state index >= 15 is 0 Å². The molecule has 1 N–H and O–H groups in total. The van der Waals surface area contributed by atoms with E-state index in [0.717, 1.165) is 24.1 Å². The van der Waals surface area contributed by atoms with Gasteiger partial charge in [-0.05, 0) is 50.1 Å². The van der Waals surface area contributed by atoms with Crippen molar-refractivity contribution in [2.45, 2.75) is 39.1 Å². The largest absolute Gasteiger partial charge is 0.416 e. The monoisotopic (exact) mass is 391 g/mol. The Morgan fingerprint density at radius 1 is 1.18 bits per heavy atom. The molecule has 0 unspecified atom stereocenters. The summed E-state index contributed by atoms with van der Waals surface area (Å²) in [6.45, 7) is 5.31. The van der Waals surface area contributed by atoms with E-state index in [9.17, 15) is 18.0 Å². The molecule has 1 aliphatic rings. The Labute approximate surface area is 160 Å². The van der Waals surface area contributed by atoms with Gasteiger partial charge in [-0.2, -0.15) is 13.2 Å². The first kappa shape index (κ1) is 19.7. The zero-order chi connectivity index (χ0) is 20.5. The highest BCUT2D eigenvalue weighted by Gasteiger charge is 2.40. The van der Waals surface area contributed by atoms with Crippen LogP contribution in [0, 0.1) is 0 Å². The lowest BCUT2D eigenvalue weighted by Gasteiger charge is -2.31. The van der Waals surface area contributed by atoms with Crippen LogP contribution in [-0.2, 0) is 17.4 Å². The third kappa shape index (κ3) is 3.95. The number of rotatable bonds is 4. The lowest BCUT2D eigenvalue weighted by molar-refractivity contribution is -0.137. The fourth-order valence-electron chi connectivity index (χ4n) is 2.75. The standard InChI is InChI=1S/C20H20F3N3O2/c1-4-13-8-10-14(11-9-13)18(27)24-26-17(25-28-19(26,2)3)15-6-5-7-16(12-15)20(21,22)23/h5-12H,4H2,1-3H3,(H,24,27). The number of halogens is 3. The van der Waals surface area contributed by atoms with Gasteiger partial charge in [0, 0.05) is 11.1 Å². The first-order valence-corrected chi connectivity index (χ1v) is 8.76. The van der Waals surface area contributed by atoms with Crippen LogP contribution in [0.5, 0.6) is 0 Å². The van der Waals surface area contributed by atoms with Crippen molar-refractivity contribution in [3.8, 4) is 0 Å². The number of alkyl halides is 3. The predicted molar refractivity (Wildman–Crippen MR) is 98.3 cm³/mol. The summed E-state index contributed by atoms with van der Waals surface area (Å²) < 4.78 is 39.1. The van der Waals surface area contributed by atoms with Gasteiger partial charge in [0.05, 0.1) is 5.56 Å². The first-order chi connectivity index (χ1) is 13.1. The summed E-state index contributed by atoms with van der Waals surface area (Å²) in [7, 11) is 0. The predicted octanol–water partition coefficient (Wildman–Crippen LogP) is 4.34. The van der Waals surface area contributed by atoms with Crippen molar-refractivity contribution in [1.29, 1.82) is 0 Å². The van der Waals surface area contributed by atoms with Crippen LogP contribution in [0.25, 0.3) is 0 Å². The van der Waals surface area contributed by atoms with E-state index in [0.29, 0.717) is 5.56 Å². The van der Waals surface area contributed by atoms with Crippen molar-refractivity contribution in [1.82, 2.24) is 10.4 Å². The quantitative estimate of drug-likeness (QED) is 0.844. The molecule has 8 heteroatoms. The van der Waals surface area contributed by atoms with Gasteiger partial charge in [-0.1, -0.05) is 36.3 Å². The van der Waals surface area contributed by atoms with Crippen molar-refractivity contribution in [2.75, 3.05) is 0 Å². The maximum absolute atomic E-state index is 13.0. The summed E-state index contributed by atoms with van der Waals surface area (Å²) in [5.74, 6) is -0.324. The van der Waals surface area contributed by atoms with Crippen LogP contribution in [0.15, 0.2) is 53.7 Å². The van der Waals surface area contributed by atoms with Gasteiger partial charge < -0.3 is 4.84 Å². The molecule has 1 aliphatic heterocycles. The van der Waals surface area contributed by atoms with E-state index < -0.39 is 23.4 Å². The molecule has 0 aliphatic carbocycles. The Kier molecular flexibility index (Phi) is 5.06. The van der Waals surface area contributed by atoms with Crippen molar-refractivity contribution in [3.05, 3.63) is 70.8 Å². The summed E-state index contributed by atoms with van der Waals surface area (Å²) in [6.07, 6.45) is -3.64. The first-order valence-electron chi connectivity index (χ1n) is 8.76. The Morgan fingerprint density at radius 2 is 1.86 bits per heavy atom. The topological polar surface area (TPSA) is 53.9 Å². The van der Waals surface area contributed by atoms with E-state index in [1.165, 1.54) is 17.1 Å². The zero-order valence-electron chi connectivity index (χ0n) is 15.7. The number of carbonyl (C=O) groups is 1. The molecule has 1 heterocycles. The maximum atomic E-state index is 13.0. The molecule has 2 aromatic carbocycles. The van der Waals surface area contributed by atoms with E-state index in [1.54, 1.807) is 26.0 Å². The molecule has 0 aromatic heterocycles. The molecule has 2 aromatic rings. The summed E-state index contributed by atoms with van der Waals surface area (Å²) in [6, 6.07) is 11.8. The van der Waals surface area contributed by atoms with Crippen LogP contribution in [0.1, 0.15) is 47.8 Å². The van der Waals surface area contributed by atoms with Gasteiger partial charge in [-0.25, -0.2) is 5.01 Å². The number of amides is 1. The smallest absolute Gasteiger partial charge is 0.364 e. The fraction of sp³-hybridized carbons (Fsp3) is 0.300. The van der Waals surface area contributed by atoms with Gasteiger partial charge in [0.2, 0.25) is 5.72 Å². The van der Waals surface area contributed by atoms with Gasteiger partial charge in [-0.15, -0.1) is 0 Å². The lowest BCUT2D eigenvalue weighted by atomic mass is 10.1. The molecular weight excluding hydrogens is 371 g/mol. The Balaban J connectivity index is 1.87. The molecule has 3 rings (SSSR count). The van der Waals surface area contributed by atoms with Crippen LogP contribution >= 0.6 is 0 Å². The third-order valence-electron chi connectivity index (χ3n) is 4.39. The number of hydrazine groups is 1. The number of carbonyl (C=O) groups excluding carboxylic acids is 1. The molecule has 0 spiro atoms. The van der Waals surface area contributed by atoms with Gasteiger partial charge >= 0.3 is 6.18 Å². The number of hydrogen-bond acceptors (Lipinski definition) is 4. The van der Waals surface area contributed by atoms with Crippen molar-refractivity contribution in [2.24, 2.45) is 5.16 Å². The zero-order valence-corrected chi connectivity index (χ0v) is 15.7. The maximum Gasteiger partial charge on any atom is 0.416 e. The van der Waals surface area contributed by atoms with Crippen LogP contribution in [-0.4, -0.2) is 22.5 Å². The molecule has 0 fully saturated rings. The molecule has 5 nitrogen and oxygen atoms in total. The van der Waals surface area contributed by atoms with Crippen molar-refractivity contribution < 1.29 is 22.8 Å². The number of nitrogens with one attached hydrogen (secondary N) is 1. The molecule has 0 bridgehead atoms. The van der Waals surface area contributed by atoms with E-state index in [1.807, 2.05) is 19.1 Å². The normalized spacial score (nSPS) is 15.8. The second kappa shape index (κ2) is 7.18. The summed E-state index contributed by atoms with van der Waals surface area (Å²) >= 11 is 0. The highest BCUT2D eigenvalue weighted by atomic mass is 19.4. The van der Waals surface area contributed by atoms with Gasteiger partial charge in [-0.3, -0.25) is 10.2 Å². The number of amidine groups is 1. The Bertz CT molecular complexity index is 906. The molecule has 148 valence electrons. The molecule has 0 saturated carbocycles. The highest BCUT2D eigenvalue weighted by molar-refractivity contribution is 6.02. The molecule has 0 radical (unpaired) electrons. The highest BCUT2D eigenvalue weighted by Crippen LogP contribution is 2.31. The van der Waals surface area contributed by atoms with Crippen LogP contribution in [0.2, 0.25) is 0 Å². The van der Waals surface area contributed by atoms with E-state index in [4.69, 9.17) is 4.84 Å². The minimum Gasteiger partial charge on any atom is -0.364 e. The second-order valence-electron chi connectivity index (χ2n) is 6.86.